The monoisotopic (exact) mass is 508 g/mol. The third-order valence-electron chi connectivity index (χ3n) is 6.86. The third-order valence-corrected chi connectivity index (χ3v) is 8.32. The van der Waals surface area contributed by atoms with Crippen molar-refractivity contribution in [3.05, 3.63) is 29.8 Å². The van der Waals surface area contributed by atoms with Crippen molar-refractivity contribution >= 4 is 33.5 Å². The molecule has 0 radical (unpaired) electrons. The van der Waals surface area contributed by atoms with Crippen LogP contribution < -0.4 is 15.4 Å². The van der Waals surface area contributed by atoms with E-state index in [9.17, 15) is 22.8 Å². The summed E-state index contributed by atoms with van der Waals surface area (Å²) in [4.78, 5) is 38.5. The van der Waals surface area contributed by atoms with Crippen molar-refractivity contribution in [2.24, 2.45) is 5.41 Å². The molecule has 0 unspecified atom stereocenters. The van der Waals surface area contributed by atoms with Gasteiger partial charge in [0.15, 0.2) is 5.78 Å². The van der Waals surface area contributed by atoms with Gasteiger partial charge in [-0.2, -0.15) is 12.7 Å². The Kier molecular flexibility index (Phi) is 8.55. The van der Waals surface area contributed by atoms with E-state index in [4.69, 9.17) is 4.74 Å². The maximum absolute atomic E-state index is 13.3. The topological polar surface area (TPSA) is 134 Å². The summed E-state index contributed by atoms with van der Waals surface area (Å²) in [5.41, 5.74) is 0.525. The summed E-state index contributed by atoms with van der Waals surface area (Å²) >= 11 is 0. The fourth-order valence-electron chi connectivity index (χ4n) is 4.67. The highest BCUT2D eigenvalue weighted by atomic mass is 32.2. The normalized spacial score (nSPS) is 22.7. The maximum Gasteiger partial charge on any atom is 0.301 e. The molecule has 1 aliphatic heterocycles. The highest BCUT2D eigenvalue weighted by molar-refractivity contribution is 7.90. The molecule has 1 heterocycles. The number of carbonyl (C=O) groups excluding carboxylic acids is 3. The number of hydrogen-bond donors (Lipinski definition) is 3. The van der Waals surface area contributed by atoms with Crippen LogP contribution in [0.5, 0.6) is 0 Å². The van der Waals surface area contributed by atoms with Crippen LogP contribution >= 0.6 is 0 Å². The molecule has 0 spiro atoms. The Labute approximate surface area is 207 Å². The molecule has 3 N–H and O–H groups in total. The molecule has 2 amide bonds. The molecule has 0 aromatic heterocycles. The van der Waals surface area contributed by atoms with Gasteiger partial charge in [-0.25, -0.2) is 0 Å². The molecule has 1 aromatic rings. The molecule has 11 heteroatoms. The summed E-state index contributed by atoms with van der Waals surface area (Å²) in [6, 6.07) is 4.44. The van der Waals surface area contributed by atoms with Gasteiger partial charge in [0.25, 0.3) is 5.91 Å². The minimum absolute atomic E-state index is 0.0257. The molecule has 10 nitrogen and oxygen atoms in total. The van der Waals surface area contributed by atoms with Gasteiger partial charge in [0.05, 0.1) is 6.10 Å². The first-order valence-electron chi connectivity index (χ1n) is 12.0. The average molecular weight is 509 g/mol. The standard InChI is InChI=1S/C24H36N4O6S/c1-5-20-21(19(29)15-34-20)26-23(31)18(14-24(2)12-6-7-13-24)25-22(30)16-8-10-17(11-9-16)27-35(32,33)28(3)4/h8-11,18,20-21,27H,5-7,12-15H2,1-4H3,(H,25,30)(H,26,31)/t18-,20-,21+/m0/s1. The molecule has 3 rings (SSSR count). The summed E-state index contributed by atoms with van der Waals surface area (Å²) in [5, 5.41) is 5.66. The molecule has 1 saturated heterocycles. The number of Topliss-reactive ketones (excluding diaryl/α,β-unsaturated/α-hetero) is 1. The number of nitrogens with one attached hydrogen (secondary N) is 3. The molecule has 194 valence electrons. The number of hydrogen-bond acceptors (Lipinski definition) is 6. The van der Waals surface area contributed by atoms with Crippen LogP contribution in [0.25, 0.3) is 0 Å². The molecule has 1 aromatic carbocycles. The Morgan fingerprint density at radius 1 is 1.17 bits per heavy atom. The van der Waals surface area contributed by atoms with E-state index < -0.39 is 34.1 Å². The zero-order chi connectivity index (χ0) is 25.8. The minimum atomic E-state index is -3.67. The van der Waals surface area contributed by atoms with Crippen LogP contribution in [0, 0.1) is 5.41 Å². The largest absolute Gasteiger partial charge is 0.368 e. The Morgan fingerprint density at radius 2 is 1.80 bits per heavy atom. The lowest BCUT2D eigenvalue weighted by molar-refractivity contribution is -0.128. The summed E-state index contributed by atoms with van der Waals surface area (Å²) in [7, 11) is -0.844. The van der Waals surface area contributed by atoms with Crippen molar-refractivity contribution in [1.29, 1.82) is 0 Å². The average Bonchev–Trinajstić information content (AvgIpc) is 3.38. The van der Waals surface area contributed by atoms with Crippen molar-refractivity contribution in [3.8, 4) is 0 Å². The first-order chi connectivity index (χ1) is 16.4. The molecule has 3 atom stereocenters. The lowest BCUT2D eigenvalue weighted by Gasteiger charge is -2.30. The van der Waals surface area contributed by atoms with Crippen molar-refractivity contribution < 1.29 is 27.5 Å². The van der Waals surface area contributed by atoms with E-state index in [0.717, 1.165) is 30.0 Å². The lowest BCUT2D eigenvalue weighted by Crippen LogP contribution is -2.54. The maximum atomic E-state index is 13.3. The van der Waals surface area contributed by atoms with Crippen LogP contribution in [0.4, 0.5) is 5.69 Å². The molecule has 0 bridgehead atoms. The second-order valence-electron chi connectivity index (χ2n) is 9.93. The Hall–Kier alpha value is -2.50. The number of nitrogens with zero attached hydrogens (tertiary/aromatic N) is 1. The van der Waals surface area contributed by atoms with Crippen LogP contribution in [-0.4, -0.2) is 69.2 Å². The summed E-state index contributed by atoms with van der Waals surface area (Å²) in [6.07, 6.45) is 4.78. The van der Waals surface area contributed by atoms with E-state index in [1.54, 1.807) is 0 Å². The zero-order valence-corrected chi connectivity index (χ0v) is 21.6. The highest BCUT2D eigenvalue weighted by Gasteiger charge is 2.39. The van der Waals surface area contributed by atoms with Crippen molar-refractivity contribution in [2.45, 2.75) is 70.6 Å². The minimum Gasteiger partial charge on any atom is -0.368 e. The number of rotatable bonds is 10. The summed E-state index contributed by atoms with van der Waals surface area (Å²) in [6.45, 7) is 3.99. The van der Waals surface area contributed by atoms with E-state index in [0.29, 0.717) is 24.1 Å². The number of anilines is 1. The van der Waals surface area contributed by atoms with Gasteiger partial charge in [-0.05, 0) is 55.4 Å². The third kappa shape index (κ3) is 6.80. The molecule has 35 heavy (non-hydrogen) atoms. The van der Waals surface area contributed by atoms with Crippen LogP contribution in [-0.2, 0) is 24.5 Å². The fourth-order valence-corrected chi connectivity index (χ4v) is 5.29. The fraction of sp³-hybridized carbons (Fsp3) is 0.625. The second-order valence-corrected chi connectivity index (χ2v) is 11.8. The van der Waals surface area contributed by atoms with Gasteiger partial charge in [0.1, 0.15) is 18.7 Å². The predicted octanol–water partition coefficient (Wildman–Crippen LogP) is 1.84. The van der Waals surface area contributed by atoms with Crippen LogP contribution in [0.3, 0.4) is 0 Å². The quantitative estimate of drug-likeness (QED) is 0.442. The van der Waals surface area contributed by atoms with Gasteiger partial charge in [-0.3, -0.25) is 19.1 Å². The van der Waals surface area contributed by atoms with Gasteiger partial charge in [0, 0.05) is 25.3 Å². The first kappa shape index (κ1) is 27.1. The van der Waals surface area contributed by atoms with E-state index in [1.165, 1.54) is 38.4 Å². The van der Waals surface area contributed by atoms with Gasteiger partial charge < -0.3 is 15.4 Å². The first-order valence-corrected chi connectivity index (χ1v) is 13.4. The number of carbonyl (C=O) groups is 3. The van der Waals surface area contributed by atoms with Crippen LogP contribution in [0.2, 0.25) is 0 Å². The van der Waals surface area contributed by atoms with Gasteiger partial charge >= 0.3 is 10.2 Å². The Balaban J connectivity index is 1.73. The van der Waals surface area contributed by atoms with Crippen molar-refractivity contribution in [2.75, 3.05) is 25.4 Å². The summed E-state index contributed by atoms with van der Waals surface area (Å²) in [5.74, 6) is -1.02. The molecule has 2 fully saturated rings. The molecule has 1 saturated carbocycles. The number of benzene rings is 1. The van der Waals surface area contributed by atoms with E-state index in [2.05, 4.69) is 22.3 Å². The Morgan fingerprint density at radius 3 is 2.37 bits per heavy atom. The highest BCUT2D eigenvalue weighted by Crippen LogP contribution is 2.41. The van der Waals surface area contributed by atoms with Crippen molar-refractivity contribution in [1.82, 2.24) is 14.9 Å². The van der Waals surface area contributed by atoms with Gasteiger partial charge in [-0.1, -0.05) is 26.7 Å². The summed E-state index contributed by atoms with van der Waals surface area (Å²) < 4.78 is 32.9. The smallest absolute Gasteiger partial charge is 0.301 e. The zero-order valence-electron chi connectivity index (χ0n) is 20.8. The second kappa shape index (κ2) is 11.0. The predicted molar refractivity (Wildman–Crippen MR) is 132 cm³/mol. The molecular weight excluding hydrogens is 472 g/mol. The van der Waals surface area contributed by atoms with Gasteiger partial charge in [-0.15, -0.1) is 0 Å². The Bertz CT molecular complexity index is 1030. The van der Waals surface area contributed by atoms with Crippen LogP contribution in [0.1, 0.15) is 62.7 Å². The van der Waals surface area contributed by atoms with Crippen LogP contribution in [0.15, 0.2) is 24.3 Å². The molecular formula is C24H36N4O6S. The van der Waals surface area contributed by atoms with E-state index in [-0.39, 0.29) is 23.9 Å². The van der Waals surface area contributed by atoms with E-state index >= 15 is 0 Å². The van der Waals surface area contributed by atoms with Gasteiger partial charge in [0.2, 0.25) is 5.91 Å². The van der Waals surface area contributed by atoms with Crippen molar-refractivity contribution in [3.63, 3.8) is 0 Å². The lowest BCUT2D eigenvalue weighted by atomic mass is 9.81. The number of ether oxygens (including phenoxy) is 1. The van der Waals surface area contributed by atoms with E-state index in [1.807, 2.05) is 6.92 Å². The number of ketones is 1. The molecule has 1 aliphatic carbocycles. The number of amides is 2. The molecule has 2 aliphatic rings. The SMILES string of the molecule is CC[C@@H]1OCC(=O)[C@H]1NC(=O)[C@H](CC1(C)CCCC1)NC(=O)c1ccc(NS(=O)(=O)N(C)C)cc1.